The van der Waals surface area contributed by atoms with Gasteiger partial charge in [-0.15, -0.1) is 0 Å². The Balaban J connectivity index is 2.01. The van der Waals surface area contributed by atoms with E-state index >= 15 is 0 Å². The first-order valence-corrected chi connectivity index (χ1v) is 7.61. The lowest BCUT2D eigenvalue weighted by molar-refractivity contribution is 0.0991. The standard InChI is InChI=1S/C16H15BrN4O/c1-10-14(15(17)21(3)19-10)16(22)20(2)13-9-8-11-6-4-5-7-12(11)18-13/h4-9H,1-3H3. The summed E-state index contributed by atoms with van der Waals surface area (Å²) in [5.41, 5.74) is 2.11. The van der Waals surface area contributed by atoms with Crippen molar-refractivity contribution in [3.05, 3.63) is 52.3 Å². The van der Waals surface area contributed by atoms with Crippen molar-refractivity contribution in [3.8, 4) is 0 Å². The van der Waals surface area contributed by atoms with Crippen LogP contribution in [-0.4, -0.2) is 27.7 Å². The van der Waals surface area contributed by atoms with Gasteiger partial charge < -0.3 is 0 Å². The maximum atomic E-state index is 12.7. The Kier molecular flexibility index (Phi) is 3.70. The molecule has 1 aromatic carbocycles. The van der Waals surface area contributed by atoms with Crippen LogP contribution in [0.3, 0.4) is 0 Å². The van der Waals surface area contributed by atoms with Gasteiger partial charge in [-0.1, -0.05) is 18.2 Å². The van der Waals surface area contributed by atoms with Gasteiger partial charge in [-0.2, -0.15) is 5.10 Å². The molecule has 0 aliphatic carbocycles. The third kappa shape index (κ3) is 2.39. The molecule has 1 amide bonds. The molecular formula is C16H15BrN4O. The molecule has 0 spiro atoms. The number of aromatic nitrogens is 3. The monoisotopic (exact) mass is 358 g/mol. The summed E-state index contributed by atoms with van der Waals surface area (Å²) in [4.78, 5) is 18.8. The van der Waals surface area contributed by atoms with Crippen LogP contribution < -0.4 is 4.90 Å². The molecule has 6 heteroatoms. The van der Waals surface area contributed by atoms with Crippen LogP contribution in [-0.2, 0) is 7.05 Å². The van der Waals surface area contributed by atoms with Gasteiger partial charge in [0.2, 0.25) is 0 Å². The normalized spacial score (nSPS) is 10.9. The Morgan fingerprint density at radius 3 is 2.64 bits per heavy atom. The van der Waals surface area contributed by atoms with Crippen LogP contribution in [0.15, 0.2) is 41.0 Å². The summed E-state index contributed by atoms with van der Waals surface area (Å²) < 4.78 is 2.31. The summed E-state index contributed by atoms with van der Waals surface area (Å²) in [6.45, 7) is 1.82. The molecule has 2 heterocycles. The molecule has 0 unspecified atom stereocenters. The highest BCUT2D eigenvalue weighted by Crippen LogP contribution is 2.24. The first kappa shape index (κ1) is 14.7. The first-order chi connectivity index (χ1) is 10.5. The van der Waals surface area contributed by atoms with Crippen molar-refractivity contribution in [2.24, 2.45) is 7.05 Å². The summed E-state index contributed by atoms with van der Waals surface area (Å²) in [7, 11) is 3.51. The number of anilines is 1. The number of hydrogen-bond acceptors (Lipinski definition) is 3. The van der Waals surface area contributed by atoms with E-state index in [-0.39, 0.29) is 5.91 Å². The van der Waals surface area contributed by atoms with Gasteiger partial charge in [0.05, 0.1) is 16.8 Å². The van der Waals surface area contributed by atoms with Gasteiger partial charge in [-0.05, 0) is 41.1 Å². The number of amides is 1. The summed E-state index contributed by atoms with van der Waals surface area (Å²) >= 11 is 3.41. The molecule has 2 aromatic heterocycles. The third-order valence-corrected chi connectivity index (χ3v) is 4.51. The van der Waals surface area contributed by atoms with Crippen molar-refractivity contribution < 1.29 is 4.79 Å². The molecule has 0 saturated carbocycles. The largest absolute Gasteiger partial charge is 0.296 e. The molecule has 0 bridgehead atoms. The molecule has 0 saturated heterocycles. The highest BCUT2D eigenvalue weighted by molar-refractivity contribution is 9.10. The summed E-state index contributed by atoms with van der Waals surface area (Å²) in [6.07, 6.45) is 0. The fourth-order valence-corrected chi connectivity index (χ4v) is 2.92. The molecule has 5 nitrogen and oxygen atoms in total. The Labute approximate surface area is 136 Å². The zero-order valence-corrected chi connectivity index (χ0v) is 14.1. The summed E-state index contributed by atoms with van der Waals surface area (Å²) in [5.74, 6) is 0.471. The molecule has 0 radical (unpaired) electrons. The predicted octanol–water partition coefficient (Wildman–Crippen LogP) is 3.32. The van der Waals surface area contributed by atoms with Crippen molar-refractivity contribution in [1.82, 2.24) is 14.8 Å². The maximum absolute atomic E-state index is 12.7. The minimum atomic E-state index is -0.139. The van der Waals surface area contributed by atoms with Gasteiger partial charge in [0.25, 0.3) is 5.91 Å². The SMILES string of the molecule is Cc1nn(C)c(Br)c1C(=O)N(C)c1ccc2ccccc2n1. The van der Waals surface area contributed by atoms with E-state index in [0.717, 1.165) is 10.9 Å². The van der Waals surface area contributed by atoms with Crippen LogP contribution in [0.4, 0.5) is 5.82 Å². The number of nitrogens with zero attached hydrogens (tertiary/aromatic N) is 4. The number of rotatable bonds is 2. The number of fused-ring (bicyclic) bond motifs is 1. The van der Waals surface area contributed by atoms with Crippen LogP contribution in [0, 0.1) is 6.92 Å². The van der Waals surface area contributed by atoms with Crippen LogP contribution >= 0.6 is 15.9 Å². The Morgan fingerprint density at radius 2 is 1.95 bits per heavy atom. The second kappa shape index (κ2) is 5.53. The van der Waals surface area contributed by atoms with Crippen LogP contribution in [0.1, 0.15) is 16.1 Å². The van der Waals surface area contributed by atoms with Crippen molar-refractivity contribution in [2.75, 3.05) is 11.9 Å². The summed E-state index contributed by atoms with van der Waals surface area (Å²) in [5, 5.41) is 5.31. The van der Waals surface area contributed by atoms with Gasteiger partial charge in [0.15, 0.2) is 0 Å². The van der Waals surface area contributed by atoms with E-state index in [0.29, 0.717) is 21.7 Å². The topological polar surface area (TPSA) is 51.0 Å². The van der Waals surface area contributed by atoms with E-state index in [9.17, 15) is 4.79 Å². The van der Waals surface area contributed by atoms with E-state index < -0.39 is 0 Å². The van der Waals surface area contributed by atoms with Crippen molar-refractivity contribution in [2.45, 2.75) is 6.92 Å². The zero-order chi connectivity index (χ0) is 15.9. The van der Waals surface area contributed by atoms with Crippen molar-refractivity contribution in [3.63, 3.8) is 0 Å². The molecule has 0 fully saturated rings. The van der Waals surface area contributed by atoms with E-state index in [2.05, 4.69) is 26.0 Å². The van der Waals surface area contributed by atoms with Gasteiger partial charge >= 0.3 is 0 Å². The highest BCUT2D eigenvalue weighted by Gasteiger charge is 2.23. The number of carbonyl (C=O) groups excluding carboxylic acids is 1. The Bertz CT molecular complexity index is 872. The lowest BCUT2D eigenvalue weighted by Crippen LogP contribution is -2.27. The Morgan fingerprint density at radius 1 is 1.23 bits per heavy atom. The molecule has 22 heavy (non-hydrogen) atoms. The van der Waals surface area contributed by atoms with Gasteiger partial charge in [0, 0.05) is 19.5 Å². The lowest BCUT2D eigenvalue weighted by atomic mass is 10.2. The van der Waals surface area contributed by atoms with Gasteiger partial charge in [0.1, 0.15) is 10.4 Å². The molecule has 3 aromatic rings. The van der Waals surface area contributed by atoms with Crippen LogP contribution in [0.25, 0.3) is 10.9 Å². The van der Waals surface area contributed by atoms with Gasteiger partial charge in [-0.25, -0.2) is 4.98 Å². The molecule has 0 aliphatic heterocycles. The average molecular weight is 359 g/mol. The average Bonchev–Trinajstić information content (AvgIpc) is 2.78. The van der Waals surface area contributed by atoms with E-state index in [1.165, 1.54) is 0 Å². The molecule has 112 valence electrons. The van der Waals surface area contributed by atoms with Gasteiger partial charge in [-0.3, -0.25) is 14.4 Å². The lowest BCUT2D eigenvalue weighted by Gasteiger charge is -2.16. The zero-order valence-electron chi connectivity index (χ0n) is 12.5. The number of benzene rings is 1. The van der Waals surface area contributed by atoms with Crippen LogP contribution in [0.2, 0.25) is 0 Å². The second-order valence-corrected chi connectivity index (χ2v) is 5.85. The van der Waals surface area contributed by atoms with Crippen molar-refractivity contribution in [1.29, 1.82) is 0 Å². The Hall–Kier alpha value is -2.21. The second-order valence-electron chi connectivity index (χ2n) is 5.10. The molecule has 0 atom stereocenters. The summed E-state index contributed by atoms with van der Waals surface area (Å²) in [6, 6.07) is 11.6. The number of carbonyl (C=O) groups is 1. The minimum absolute atomic E-state index is 0.139. The number of pyridine rings is 1. The van der Waals surface area contributed by atoms with E-state index in [1.54, 1.807) is 23.7 Å². The number of halogens is 1. The fraction of sp³-hybridized carbons (Fsp3) is 0.188. The predicted molar refractivity (Wildman–Crippen MR) is 90.1 cm³/mol. The van der Waals surface area contributed by atoms with E-state index in [4.69, 9.17) is 0 Å². The minimum Gasteiger partial charge on any atom is -0.296 e. The maximum Gasteiger partial charge on any atom is 0.263 e. The molecule has 0 aliphatic rings. The smallest absolute Gasteiger partial charge is 0.263 e. The fourth-order valence-electron chi connectivity index (χ4n) is 2.39. The van der Waals surface area contributed by atoms with Crippen molar-refractivity contribution >= 4 is 38.6 Å². The quantitative estimate of drug-likeness (QED) is 0.705. The van der Waals surface area contributed by atoms with E-state index in [1.807, 2.05) is 43.3 Å². The number of para-hydroxylation sites is 1. The first-order valence-electron chi connectivity index (χ1n) is 6.82. The highest BCUT2D eigenvalue weighted by atomic mass is 79.9. The molecule has 0 N–H and O–H groups in total. The third-order valence-electron chi connectivity index (χ3n) is 3.60. The number of aryl methyl sites for hydroxylation is 2. The molecular weight excluding hydrogens is 344 g/mol. The molecule has 3 rings (SSSR count). The van der Waals surface area contributed by atoms with Crippen LogP contribution in [0.5, 0.6) is 0 Å². The number of hydrogen-bond donors (Lipinski definition) is 0.